The molecule has 0 amide bonds. The Labute approximate surface area is 144 Å². The second kappa shape index (κ2) is 7.12. The smallest absolute Gasteiger partial charge is 0.247 e. The van der Waals surface area contributed by atoms with Gasteiger partial charge in [-0.2, -0.15) is 0 Å². The van der Waals surface area contributed by atoms with Crippen molar-refractivity contribution in [2.24, 2.45) is 0 Å². The van der Waals surface area contributed by atoms with Gasteiger partial charge < -0.3 is 4.42 Å². The predicted molar refractivity (Wildman–Crippen MR) is 89.8 cm³/mol. The second-order valence-corrected chi connectivity index (χ2v) is 7.24. The molecule has 0 aliphatic rings. The maximum absolute atomic E-state index is 12.9. The molecule has 25 heavy (non-hydrogen) atoms. The van der Waals surface area contributed by atoms with Crippen LogP contribution in [0.5, 0.6) is 0 Å². The van der Waals surface area contributed by atoms with Gasteiger partial charge in [-0.1, -0.05) is 17.7 Å². The number of sulfonamides is 1. The van der Waals surface area contributed by atoms with Crippen molar-refractivity contribution in [2.75, 3.05) is 6.54 Å². The fraction of sp³-hybridized carbons (Fsp3) is 0.176. The third kappa shape index (κ3) is 4.28. The third-order valence-corrected chi connectivity index (χ3v) is 4.96. The van der Waals surface area contributed by atoms with Gasteiger partial charge in [0.15, 0.2) is 0 Å². The van der Waals surface area contributed by atoms with Crippen molar-refractivity contribution in [1.82, 2.24) is 14.9 Å². The lowest BCUT2D eigenvalue weighted by atomic mass is 10.1. The maximum atomic E-state index is 12.9. The van der Waals surface area contributed by atoms with E-state index in [1.807, 2.05) is 31.2 Å². The quantitative estimate of drug-likeness (QED) is 0.730. The molecular weight excluding hydrogens is 345 g/mol. The van der Waals surface area contributed by atoms with Crippen LogP contribution >= 0.6 is 0 Å². The summed E-state index contributed by atoms with van der Waals surface area (Å²) in [6.45, 7) is 2.06. The van der Waals surface area contributed by atoms with Gasteiger partial charge in [0, 0.05) is 18.5 Å². The van der Waals surface area contributed by atoms with Crippen LogP contribution in [0.3, 0.4) is 0 Å². The SMILES string of the molecule is Cc1cccc(-c2nnc(CCNS(=O)(=O)c3ccc(F)cc3)o2)c1. The van der Waals surface area contributed by atoms with Gasteiger partial charge in [-0.05, 0) is 43.3 Å². The van der Waals surface area contributed by atoms with E-state index in [-0.39, 0.29) is 17.9 Å². The minimum atomic E-state index is -3.70. The van der Waals surface area contributed by atoms with Gasteiger partial charge in [0.05, 0.1) is 4.90 Å². The molecule has 0 radical (unpaired) electrons. The van der Waals surface area contributed by atoms with Gasteiger partial charge in [-0.15, -0.1) is 10.2 Å². The molecule has 0 fully saturated rings. The summed E-state index contributed by atoms with van der Waals surface area (Å²) in [6.07, 6.45) is 0.249. The zero-order chi connectivity index (χ0) is 17.9. The van der Waals surface area contributed by atoms with Gasteiger partial charge in [-0.25, -0.2) is 17.5 Å². The van der Waals surface area contributed by atoms with Crippen molar-refractivity contribution in [3.8, 4) is 11.5 Å². The molecule has 8 heteroatoms. The normalized spacial score (nSPS) is 11.6. The van der Waals surface area contributed by atoms with Crippen LogP contribution in [-0.2, 0) is 16.4 Å². The minimum Gasteiger partial charge on any atom is -0.421 e. The topological polar surface area (TPSA) is 85.1 Å². The van der Waals surface area contributed by atoms with Gasteiger partial charge >= 0.3 is 0 Å². The summed E-state index contributed by atoms with van der Waals surface area (Å²) in [7, 11) is -3.70. The lowest BCUT2D eigenvalue weighted by Crippen LogP contribution is -2.26. The largest absolute Gasteiger partial charge is 0.421 e. The van der Waals surface area contributed by atoms with E-state index in [0.29, 0.717) is 11.8 Å². The van der Waals surface area contributed by atoms with Crippen LogP contribution in [0.25, 0.3) is 11.5 Å². The fourth-order valence-electron chi connectivity index (χ4n) is 2.24. The van der Waals surface area contributed by atoms with Crippen LogP contribution in [0.2, 0.25) is 0 Å². The summed E-state index contributed by atoms with van der Waals surface area (Å²) in [5.74, 6) is 0.229. The summed E-state index contributed by atoms with van der Waals surface area (Å²) < 4.78 is 45.0. The first-order valence-corrected chi connectivity index (χ1v) is 9.07. The van der Waals surface area contributed by atoms with Crippen LogP contribution in [0, 0.1) is 12.7 Å². The Morgan fingerprint density at radius 1 is 1.12 bits per heavy atom. The molecule has 130 valence electrons. The van der Waals surface area contributed by atoms with Gasteiger partial charge in [0.25, 0.3) is 0 Å². The summed E-state index contributed by atoms with van der Waals surface area (Å²) in [4.78, 5) is -0.000112. The predicted octanol–water partition coefficient (Wildman–Crippen LogP) is 2.71. The van der Waals surface area contributed by atoms with E-state index < -0.39 is 15.8 Å². The molecule has 0 unspecified atom stereocenters. The van der Waals surface area contributed by atoms with E-state index in [9.17, 15) is 12.8 Å². The maximum Gasteiger partial charge on any atom is 0.247 e. The van der Waals surface area contributed by atoms with Gasteiger partial charge in [0.1, 0.15) is 5.82 Å². The minimum absolute atomic E-state index is 0.000112. The van der Waals surface area contributed by atoms with E-state index in [1.165, 1.54) is 12.1 Å². The van der Waals surface area contributed by atoms with E-state index in [2.05, 4.69) is 14.9 Å². The molecule has 0 bridgehead atoms. The highest BCUT2D eigenvalue weighted by Crippen LogP contribution is 2.19. The average Bonchev–Trinajstić information content (AvgIpc) is 3.04. The number of hydrogen-bond donors (Lipinski definition) is 1. The molecule has 0 aliphatic heterocycles. The summed E-state index contributed by atoms with van der Waals surface area (Å²) in [5, 5.41) is 7.90. The Morgan fingerprint density at radius 3 is 2.60 bits per heavy atom. The molecule has 6 nitrogen and oxygen atoms in total. The first-order chi connectivity index (χ1) is 11.9. The fourth-order valence-corrected chi connectivity index (χ4v) is 3.27. The number of aromatic nitrogens is 2. The Kier molecular flexibility index (Phi) is 4.91. The zero-order valence-electron chi connectivity index (χ0n) is 13.4. The van der Waals surface area contributed by atoms with Crippen LogP contribution in [-0.4, -0.2) is 25.2 Å². The van der Waals surface area contributed by atoms with Gasteiger partial charge in [0.2, 0.25) is 21.8 Å². The molecule has 1 N–H and O–H groups in total. The summed E-state index contributed by atoms with van der Waals surface area (Å²) in [6, 6.07) is 12.3. The molecule has 0 atom stereocenters. The van der Waals surface area contributed by atoms with Gasteiger partial charge in [-0.3, -0.25) is 0 Å². The third-order valence-electron chi connectivity index (χ3n) is 3.49. The first-order valence-electron chi connectivity index (χ1n) is 7.59. The van der Waals surface area contributed by atoms with Crippen LogP contribution in [0.4, 0.5) is 4.39 Å². The molecule has 1 aromatic heterocycles. The highest BCUT2D eigenvalue weighted by Gasteiger charge is 2.14. The number of hydrogen-bond acceptors (Lipinski definition) is 5. The van der Waals surface area contributed by atoms with Crippen LogP contribution in [0.15, 0.2) is 57.8 Å². The summed E-state index contributed by atoms with van der Waals surface area (Å²) in [5.41, 5.74) is 1.88. The number of benzene rings is 2. The standard InChI is InChI=1S/C17H16FN3O3S/c1-12-3-2-4-13(11-12)17-21-20-16(24-17)9-10-19-25(22,23)15-7-5-14(18)6-8-15/h2-8,11,19H,9-10H2,1H3. The van der Waals surface area contributed by atoms with Crippen molar-refractivity contribution in [1.29, 1.82) is 0 Å². The Morgan fingerprint density at radius 2 is 1.88 bits per heavy atom. The van der Waals surface area contributed by atoms with Crippen LogP contribution in [0.1, 0.15) is 11.5 Å². The van der Waals surface area contributed by atoms with Crippen LogP contribution < -0.4 is 4.72 Å². The second-order valence-electron chi connectivity index (χ2n) is 5.47. The van der Waals surface area contributed by atoms with E-state index in [4.69, 9.17) is 4.42 Å². The summed E-state index contributed by atoms with van der Waals surface area (Å²) >= 11 is 0. The van der Waals surface area contributed by atoms with Crippen molar-refractivity contribution < 1.29 is 17.2 Å². The van der Waals surface area contributed by atoms with Crippen molar-refractivity contribution in [2.45, 2.75) is 18.2 Å². The molecular formula is C17H16FN3O3S. The van der Waals surface area contributed by atoms with E-state index in [0.717, 1.165) is 23.3 Å². The Hall–Kier alpha value is -2.58. The molecule has 1 heterocycles. The first kappa shape index (κ1) is 17.2. The monoisotopic (exact) mass is 361 g/mol. The zero-order valence-corrected chi connectivity index (χ0v) is 14.3. The van der Waals surface area contributed by atoms with E-state index >= 15 is 0 Å². The highest BCUT2D eigenvalue weighted by molar-refractivity contribution is 7.89. The molecule has 0 saturated carbocycles. The molecule has 3 rings (SSSR count). The Bertz CT molecular complexity index is 969. The molecule has 3 aromatic rings. The molecule has 2 aromatic carbocycles. The number of nitrogens with one attached hydrogen (secondary N) is 1. The average molecular weight is 361 g/mol. The Balaban J connectivity index is 1.62. The van der Waals surface area contributed by atoms with Crippen molar-refractivity contribution in [3.05, 3.63) is 65.8 Å². The van der Waals surface area contributed by atoms with Crippen molar-refractivity contribution >= 4 is 10.0 Å². The molecule has 0 aliphatic carbocycles. The highest BCUT2D eigenvalue weighted by atomic mass is 32.2. The lowest BCUT2D eigenvalue weighted by Gasteiger charge is -2.05. The number of aryl methyl sites for hydroxylation is 1. The lowest BCUT2D eigenvalue weighted by molar-refractivity contribution is 0.502. The number of nitrogens with zero attached hydrogens (tertiary/aromatic N) is 2. The number of rotatable bonds is 6. The number of halogens is 1. The molecule has 0 spiro atoms. The molecule has 0 saturated heterocycles. The van der Waals surface area contributed by atoms with E-state index in [1.54, 1.807) is 0 Å². The van der Waals surface area contributed by atoms with Crippen molar-refractivity contribution in [3.63, 3.8) is 0 Å².